The minimum absolute atomic E-state index is 0.0928. The molecule has 2 heterocycles. The highest BCUT2D eigenvalue weighted by molar-refractivity contribution is 7.14. The van der Waals surface area contributed by atoms with Gasteiger partial charge in [-0.2, -0.15) is 0 Å². The number of aliphatic hydroxyl groups is 1. The largest absolute Gasteiger partial charge is 0.503 e. The smallest absolute Gasteiger partial charge is 0.290 e. The van der Waals surface area contributed by atoms with E-state index >= 15 is 0 Å². The van der Waals surface area contributed by atoms with Crippen LogP contribution in [0.4, 0.5) is 0 Å². The molecule has 1 aliphatic rings. The van der Waals surface area contributed by atoms with Crippen molar-refractivity contribution in [2.24, 2.45) is 0 Å². The fourth-order valence-electron chi connectivity index (χ4n) is 4.25. The number of thiazole rings is 1. The van der Waals surface area contributed by atoms with Crippen molar-refractivity contribution in [3.05, 3.63) is 86.6 Å². The molecule has 0 bridgehead atoms. The molecular weight excluding hydrogens is 452 g/mol. The van der Waals surface area contributed by atoms with E-state index in [4.69, 9.17) is 9.47 Å². The second-order valence-electron chi connectivity index (χ2n) is 7.99. The number of rotatable bonds is 8. The van der Waals surface area contributed by atoms with Gasteiger partial charge in [0.05, 0.1) is 41.4 Å². The molecule has 0 saturated heterocycles. The number of ether oxygens (including phenoxy) is 2. The zero-order chi connectivity index (χ0) is 24.4. The van der Waals surface area contributed by atoms with Crippen LogP contribution in [-0.2, 0) is 11.2 Å². The molecule has 8 heteroatoms. The van der Waals surface area contributed by atoms with Gasteiger partial charge in [0, 0.05) is 6.54 Å². The third-order valence-corrected chi connectivity index (χ3v) is 6.93. The molecule has 4 rings (SSSR count). The van der Waals surface area contributed by atoms with Crippen LogP contribution in [0.25, 0.3) is 0 Å². The number of aromatic nitrogens is 1. The molecule has 0 fully saturated rings. The zero-order valence-corrected chi connectivity index (χ0v) is 20.3. The number of nitrogens with zero attached hydrogens (tertiary/aromatic N) is 2. The first-order valence-corrected chi connectivity index (χ1v) is 11.7. The molecule has 0 radical (unpaired) electrons. The number of benzene rings is 2. The lowest BCUT2D eigenvalue weighted by atomic mass is 9.95. The van der Waals surface area contributed by atoms with Gasteiger partial charge in [-0.15, -0.1) is 11.3 Å². The first-order chi connectivity index (χ1) is 16.3. The molecule has 7 nitrogen and oxygen atoms in total. The summed E-state index contributed by atoms with van der Waals surface area (Å²) in [6.45, 7) is 3.89. The van der Waals surface area contributed by atoms with Crippen LogP contribution in [0.1, 0.15) is 37.5 Å². The van der Waals surface area contributed by atoms with E-state index in [-0.39, 0.29) is 11.4 Å². The quantitative estimate of drug-likeness (QED) is 0.476. The van der Waals surface area contributed by atoms with Crippen LogP contribution in [0.2, 0.25) is 0 Å². The first kappa shape index (κ1) is 23.5. The van der Waals surface area contributed by atoms with Gasteiger partial charge in [-0.05, 0) is 43.5 Å². The van der Waals surface area contributed by atoms with Gasteiger partial charge in [0.25, 0.3) is 5.91 Å². The Morgan fingerprint density at radius 3 is 2.41 bits per heavy atom. The Morgan fingerprint density at radius 1 is 1.09 bits per heavy atom. The number of Topliss-reactive ketones (excluding diaryl/α,β-unsaturated/α-hetero) is 1. The van der Waals surface area contributed by atoms with E-state index in [1.165, 1.54) is 11.3 Å². The zero-order valence-electron chi connectivity index (χ0n) is 19.5. The van der Waals surface area contributed by atoms with E-state index in [1.807, 2.05) is 55.5 Å². The van der Waals surface area contributed by atoms with Crippen molar-refractivity contribution >= 4 is 23.0 Å². The minimum atomic E-state index is -0.692. The molecule has 1 aromatic heterocycles. The first-order valence-electron chi connectivity index (χ1n) is 10.8. The average molecular weight is 479 g/mol. The van der Waals surface area contributed by atoms with Gasteiger partial charge in [0.1, 0.15) is 0 Å². The third kappa shape index (κ3) is 4.28. The van der Waals surface area contributed by atoms with E-state index in [9.17, 15) is 14.7 Å². The van der Waals surface area contributed by atoms with Crippen molar-refractivity contribution < 1.29 is 24.2 Å². The Kier molecular flexibility index (Phi) is 6.70. The Balaban J connectivity index is 1.68. The summed E-state index contributed by atoms with van der Waals surface area (Å²) in [5, 5.41) is 11.6. The maximum Gasteiger partial charge on any atom is 0.290 e. The number of methoxy groups -OCH3 is 2. The SMILES string of the molecule is COc1ccc(CCN2C(=O)C(O)=C(C(=O)c3sc(C)nc3C)C2c2ccccc2)cc1OC. The Labute approximate surface area is 202 Å². The van der Waals surface area contributed by atoms with Crippen LogP contribution in [-0.4, -0.2) is 47.4 Å². The molecule has 1 amide bonds. The van der Waals surface area contributed by atoms with Gasteiger partial charge in [-0.3, -0.25) is 9.59 Å². The summed E-state index contributed by atoms with van der Waals surface area (Å²) in [4.78, 5) is 33.1. The standard InChI is InChI=1S/C26H26N2O5S/c1-15-25(34-16(2)27-15)23(29)21-22(18-8-6-5-7-9-18)28(26(31)24(21)30)13-12-17-10-11-19(32-3)20(14-17)33-4/h5-11,14,22,30H,12-13H2,1-4H3. The number of amides is 1. The van der Waals surface area contributed by atoms with Gasteiger partial charge in [-0.25, -0.2) is 4.98 Å². The van der Waals surface area contributed by atoms with Crippen molar-refractivity contribution in [3.8, 4) is 11.5 Å². The van der Waals surface area contributed by atoms with Crippen LogP contribution in [0.15, 0.2) is 59.9 Å². The van der Waals surface area contributed by atoms with Crippen molar-refractivity contribution in [1.82, 2.24) is 9.88 Å². The second-order valence-corrected chi connectivity index (χ2v) is 9.19. The van der Waals surface area contributed by atoms with Crippen molar-refractivity contribution in [1.29, 1.82) is 0 Å². The molecule has 0 aliphatic carbocycles. The minimum Gasteiger partial charge on any atom is -0.503 e. The Bertz CT molecular complexity index is 1270. The second kappa shape index (κ2) is 9.69. The van der Waals surface area contributed by atoms with Crippen molar-refractivity contribution in [3.63, 3.8) is 0 Å². The predicted molar refractivity (Wildman–Crippen MR) is 130 cm³/mol. The molecule has 1 N–H and O–H groups in total. The molecule has 1 unspecified atom stereocenters. The molecule has 176 valence electrons. The summed E-state index contributed by atoms with van der Waals surface area (Å²) in [6.07, 6.45) is 0.503. The summed E-state index contributed by atoms with van der Waals surface area (Å²) in [6, 6.07) is 14.2. The molecule has 2 aromatic carbocycles. The predicted octanol–water partition coefficient (Wildman–Crippen LogP) is 4.60. The molecular formula is C26H26N2O5S. The van der Waals surface area contributed by atoms with Gasteiger partial charge in [0.2, 0.25) is 5.78 Å². The lowest BCUT2D eigenvalue weighted by Crippen LogP contribution is -2.33. The number of hydrogen-bond donors (Lipinski definition) is 1. The molecule has 34 heavy (non-hydrogen) atoms. The topological polar surface area (TPSA) is 89.0 Å². The van der Waals surface area contributed by atoms with Crippen molar-refractivity contribution in [2.45, 2.75) is 26.3 Å². The summed E-state index contributed by atoms with van der Waals surface area (Å²) < 4.78 is 10.7. The van der Waals surface area contributed by atoms with Crippen LogP contribution >= 0.6 is 11.3 Å². The highest BCUT2D eigenvalue weighted by atomic mass is 32.1. The normalized spacial score (nSPS) is 15.7. The van der Waals surface area contributed by atoms with Gasteiger partial charge in [0.15, 0.2) is 17.3 Å². The molecule has 1 aliphatic heterocycles. The summed E-state index contributed by atoms with van der Waals surface area (Å²) in [7, 11) is 3.14. The average Bonchev–Trinajstić information content (AvgIpc) is 3.32. The maximum absolute atomic E-state index is 13.5. The molecule has 0 saturated carbocycles. The fraction of sp³-hybridized carbons (Fsp3) is 0.269. The number of aliphatic hydroxyl groups excluding tert-OH is 1. The number of hydrogen-bond acceptors (Lipinski definition) is 7. The van der Waals surface area contributed by atoms with Crippen LogP contribution in [0.3, 0.4) is 0 Å². The van der Waals surface area contributed by atoms with E-state index in [1.54, 1.807) is 26.0 Å². The fourth-order valence-corrected chi connectivity index (χ4v) is 5.12. The van der Waals surface area contributed by atoms with Gasteiger partial charge >= 0.3 is 0 Å². The number of carbonyl (C=O) groups is 2. The van der Waals surface area contributed by atoms with E-state index in [0.29, 0.717) is 35.0 Å². The van der Waals surface area contributed by atoms with E-state index < -0.39 is 17.7 Å². The number of aryl methyl sites for hydroxylation is 2. The van der Waals surface area contributed by atoms with E-state index in [2.05, 4.69) is 4.98 Å². The lowest BCUT2D eigenvalue weighted by Gasteiger charge is -2.27. The van der Waals surface area contributed by atoms with Crippen LogP contribution < -0.4 is 9.47 Å². The van der Waals surface area contributed by atoms with Gasteiger partial charge in [-0.1, -0.05) is 36.4 Å². The summed E-state index contributed by atoms with van der Waals surface area (Å²) in [5.41, 5.74) is 2.38. The summed E-state index contributed by atoms with van der Waals surface area (Å²) >= 11 is 1.27. The highest BCUT2D eigenvalue weighted by Crippen LogP contribution is 2.40. The Morgan fingerprint density at radius 2 is 1.79 bits per heavy atom. The number of carbonyl (C=O) groups excluding carboxylic acids is 2. The highest BCUT2D eigenvalue weighted by Gasteiger charge is 2.44. The maximum atomic E-state index is 13.5. The lowest BCUT2D eigenvalue weighted by molar-refractivity contribution is -0.129. The monoisotopic (exact) mass is 478 g/mol. The van der Waals surface area contributed by atoms with Crippen LogP contribution in [0, 0.1) is 13.8 Å². The molecule has 3 aromatic rings. The van der Waals surface area contributed by atoms with Crippen molar-refractivity contribution in [2.75, 3.05) is 20.8 Å². The van der Waals surface area contributed by atoms with Gasteiger partial charge < -0.3 is 19.5 Å². The third-order valence-electron chi connectivity index (χ3n) is 5.86. The number of ketones is 1. The van der Waals surface area contributed by atoms with Crippen LogP contribution in [0.5, 0.6) is 11.5 Å². The Hall–Kier alpha value is -3.65. The summed E-state index contributed by atoms with van der Waals surface area (Å²) in [5.74, 6) is -0.210. The molecule has 1 atom stereocenters. The van der Waals surface area contributed by atoms with E-state index in [0.717, 1.165) is 16.1 Å². The molecule has 0 spiro atoms.